The van der Waals surface area contributed by atoms with Gasteiger partial charge >= 0.3 is 0 Å². The summed E-state index contributed by atoms with van der Waals surface area (Å²) in [6, 6.07) is 9.11. The number of nitrogen functional groups attached to an aromatic ring is 1. The average Bonchev–Trinajstić information content (AvgIpc) is 2.31. The van der Waals surface area contributed by atoms with E-state index in [4.69, 9.17) is 11.0 Å². The van der Waals surface area contributed by atoms with E-state index in [9.17, 15) is 4.79 Å². The second kappa shape index (κ2) is 6.62. The molecule has 0 aromatic heterocycles. The van der Waals surface area contributed by atoms with Gasteiger partial charge in [-0.05, 0) is 38.2 Å². The van der Waals surface area contributed by atoms with E-state index < -0.39 is 0 Å². The Balaban J connectivity index is 2.42. The molecule has 5 heteroatoms. The molecule has 1 aromatic carbocycles. The molecule has 96 valence electrons. The molecule has 1 aromatic rings. The van der Waals surface area contributed by atoms with Crippen molar-refractivity contribution in [1.82, 2.24) is 4.90 Å². The summed E-state index contributed by atoms with van der Waals surface area (Å²) in [7, 11) is 1.82. The zero-order valence-corrected chi connectivity index (χ0v) is 10.7. The van der Waals surface area contributed by atoms with Crippen LogP contribution in [0.15, 0.2) is 24.3 Å². The lowest BCUT2D eigenvalue weighted by Crippen LogP contribution is -2.32. The molecule has 0 saturated carbocycles. The third kappa shape index (κ3) is 4.85. The number of rotatable bonds is 5. The molecule has 1 amide bonds. The topological polar surface area (TPSA) is 82.2 Å². The first-order chi connectivity index (χ1) is 8.51. The molecule has 0 heterocycles. The Kier molecular flexibility index (Phi) is 5.15. The van der Waals surface area contributed by atoms with Crippen LogP contribution in [0.25, 0.3) is 0 Å². The van der Waals surface area contributed by atoms with Gasteiger partial charge in [0.15, 0.2) is 0 Å². The first-order valence-corrected chi connectivity index (χ1v) is 5.75. The molecule has 1 unspecified atom stereocenters. The zero-order valence-electron chi connectivity index (χ0n) is 10.7. The number of nitrogens with two attached hydrogens (primary N) is 1. The Morgan fingerprint density at radius 1 is 1.50 bits per heavy atom. The van der Waals surface area contributed by atoms with Crippen LogP contribution >= 0.6 is 0 Å². The van der Waals surface area contributed by atoms with Crippen molar-refractivity contribution in [2.24, 2.45) is 5.92 Å². The molecule has 18 heavy (non-hydrogen) atoms. The van der Waals surface area contributed by atoms with Gasteiger partial charge in [-0.15, -0.1) is 0 Å². The average molecular weight is 246 g/mol. The SMILES string of the molecule is CC(C#N)CN(C)CC(=O)Nc1ccc(N)cc1. The van der Waals surface area contributed by atoms with Gasteiger partial charge in [0.05, 0.1) is 18.5 Å². The standard InChI is InChI=1S/C13H18N4O/c1-10(7-14)8-17(2)9-13(18)16-12-5-3-11(15)4-6-12/h3-6,10H,8-9,15H2,1-2H3,(H,16,18). The summed E-state index contributed by atoms with van der Waals surface area (Å²) in [4.78, 5) is 13.5. The fraction of sp³-hybridized carbons (Fsp3) is 0.385. The van der Waals surface area contributed by atoms with Crippen LogP contribution in [-0.4, -0.2) is 30.9 Å². The molecule has 0 aliphatic rings. The molecule has 1 atom stereocenters. The van der Waals surface area contributed by atoms with Gasteiger partial charge in [0.2, 0.25) is 5.91 Å². The highest BCUT2D eigenvalue weighted by Crippen LogP contribution is 2.10. The van der Waals surface area contributed by atoms with Crippen molar-refractivity contribution < 1.29 is 4.79 Å². The molecule has 3 N–H and O–H groups in total. The van der Waals surface area contributed by atoms with Crippen molar-refractivity contribution in [2.75, 3.05) is 31.2 Å². The fourth-order valence-electron chi connectivity index (χ4n) is 1.59. The maximum absolute atomic E-state index is 11.7. The predicted molar refractivity (Wildman–Crippen MR) is 71.8 cm³/mol. The second-order valence-corrected chi connectivity index (χ2v) is 4.40. The Labute approximate surface area is 107 Å². The van der Waals surface area contributed by atoms with Crippen LogP contribution in [0.5, 0.6) is 0 Å². The van der Waals surface area contributed by atoms with Gasteiger partial charge in [0.25, 0.3) is 0 Å². The third-order valence-electron chi connectivity index (χ3n) is 2.41. The van der Waals surface area contributed by atoms with E-state index in [1.807, 2.05) is 18.9 Å². The number of likely N-dealkylation sites (N-methyl/N-ethyl adjacent to an activating group) is 1. The molecule has 1 rings (SSSR count). The van der Waals surface area contributed by atoms with E-state index in [0.717, 1.165) is 5.69 Å². The largest absolute Gasteiger partial charge is 0.399 e. The number of nitriles is 1. The smallest absolute Gasteiger partial charge is 0.238 e. The van der Waals surface area contributed by atoms with Crippen molar-refractivity contribution in [3.63, 3.8) is 0 Å². The number of carbonyl (C=O) groups is 1. The van der Waals surface area contributed by atoms with Gasteiger partial charge in [-0.1, -0.05) is 0 Å². The minimum atomic E-state index is -0.104. The Hall–Kier alpha value is -2.06. The van der Waals surface area contributed by atoms with Crippen molar-refractivity contribution in [2.45, 2.75) is 6.92 Å². The highest BCUT2D eigenvalue weighted by atomic mass is 16.2. The summed E-state index contributed by atoms with van der Waals surface area (Å²) in [5.41, 5.74) is 6.94. The van der Waals surface area contributed by atoms with Crippen LogP contribution in [-0.2, 0) is 4.79 Å². The number of hydrogen-bond donors (Lipinski definition) is 2. The van der Waals surface area contributed by atoms with Gasteiger partial charge in [0, 0.05) is 17.9 Å². The number of carbonyl (C=O) groups excluding carboxylic acids is 1. The van der Waals surface area contributed by atoms with E-state index >= 15 is 0 Å². The van der Waals surface area contributed by atoms with E-state index in [2.05, 4.69) is 11.4 Å². The minimum absolute atomic E-state index is 0.0840. The summed E-state index contributed by atoms with van der Waals surface area (Å²) in [6.07, 6.45) is 0. The summed E-state index contributed by atoms with van der Waals surface area (Å²) in [5, 5.41) is 11.5. The second-order valence-electron chi connectivity index (χ2n) is 4.40. The minimum Gasteiger partial charge on any atom is -0.399 e. The first-order valence-electron chi connectivity index (χ1n) is 5.75. The lowest BCUT2D eigenvalue weighted by Gasteiger charge is -2.17. The molecule has 0 spiro atoms. The van der Waals surface area contributed by atoms with Crippen LogP contribution in [0, 0.1) is 17.2 Å². The summed E-state index contributed by atoms with van der Waals surface area (Å²) < 4.78 is 0. The Morgan fingerprint density at radius 2 is 2.11 bits per heavy atom. The molecule has 0 bridgehead atoms. The lowest BCUT2D eigenvalue weighted by atomic mass is 10.2. The van der Waals surface area contributed by atoms with Crippen LogP contribution < -0.4 is 11.1 Å². The summed E-state index contributed by atoms with van der Waals surface area (Å²) >= 11 is 0. The lowest BCUT2D eigenvalue weighted by molar-refractivity contribution is -0.117. The number of amides is 1. The molecule has 0 aliphatic heterocycles. The monoisotopic (exact) mass is 246 g/mol. The molecular formula is C13H18N4O. The summed E-state index contributed by atoms with van der Waals surface area (Å²) in [6.45, 7) is 2.66. The third-order valence-corrected chi connectivity index (χ3v) is 2.41. The van der Waals surface area contributed by atoms with E-state index in [1.54, 1.807) is 24.3 Å². The molecular weight excluding hydrogens is 228 g/mol. The number of hydrogen-bond acceptors (Lipinski definition) is 4. The quantitative estimate of drug-likeness (QED) is 0.767. The fourth-order valence-corrected chi connectivity index (χ4v) is 1.59. The van der Waals surface area contributed by atoms with Crippen molar-refractivity contribution in [3.8, 4) is 6.07 Å². The van der Waals surface area contributed by atoms with Gasteiger partial charge in [-0.25, -0.2) is 0 Å². The Bertz CT molecular complexity index is 435. The number of benzene rings is 1. The number of anilines is 2. The van der Waals surface area contributed by atoms with Gasteiger partial charge in [-0.3, -0.25) is 9.69 Å². The number of nitrogens with zero attached hydrogens (tertiary/aromatic N) is 2. The highest BCUT2D eigenvalue weighted by molar-refractivity contribution is 5.92. The van der Waals surface area contributed by atoms with Gasteiger partial charge < -0.3 is 11.1 Å². The van der Waals surface area contributed by atoms with Crippen molar-refractivity contribution in [3.05, 3.63) is 24.3 Å². The van der Waals surface area contributed by atoms with Crippen LogP contribution in [0.4, 0.5) is 11.4 Å². The molecule has 0 fully saturated rings. The van der Waals surface area contributed by atoms with Gasteiger partial charge in [-0.2, -0.15) is 5.26 Å². The van der Waals surface area contributed by atoms with E-state index in [0.29, 0.717) is 12.2 Å². The highest BCUT2D eigenvalue weighted by Gasteiger charge is 2.09. The maximum atomic E-state index is 11.7. The van der Waals surface area contributed by atoms with E-state index in [-0.39, 0.29) is 18.4 Å². The Morgan fingerprint density at radius 3 is 2.67 bits per heavy atom. The molecule has 0 aliphatic carbocycles. The van der Waals surface area contributed by atoms with Crippen LogP contribution in [0.1, 0.15) is 6.92 Å². The maximum Gasteiger partial charge on any atom is 0.238 e. The molecule has 0 radical (unpaired) electrons. The van der Waals surface area contributed by atoms with Gasteiger partial charge in [0.1, 0.15) is 0 Å². The normalized spacial score (nSPS) is 11.9. The first kappa shape index (κ1) is 14.0. The molecule has 5 nitrogen and oxygen atoms in total. The van der Waals surface area contributed by atoms with Crippen molar-refractivity contribution in [1.29, 1.82) is 5.26 Å². The summed E-state index contributed by atoms with van der Waals surface area (Å²) in [5.74, 6) is -0.188. The van der Waals surface area contributed by atoms with E-state index in [1.165, 1.54) is 0 Å². The zero-order chi connectivity index (χ0) is 13.5. The van der Waals surface area contributed by atoms with Crippen LogP contribution in [0.3, 0.4) is 0 Å². The molecule has 0 saturated heterocycles. The van der Waals surface area contributed by atoms with Crippen LogP contribution in [0.2, 0.25) is 0 Å². The number of nitrogens with one attached hydrogen (secondary N) is 1. The van der Waals surface area contributed by atoms with Crippen molar-refractivity contribution >= 4 is 17.3 Å². The predicted octanol–water partition coefficient (Wildman–Crippen LogP) is 1.30.